The van der Waals surface area contributed by atoms with Crippen molar-refractivity contribution < 1.29 is 29.3 Å². The van der Waals surface area contributed by atoms with Crippen LogP contribution in [0.25, 0.3) is 0 Å². The summed E-state index contributed by atoms with van der Waals surface area (Å²) < 4.78 is 5.05. The lowest BCUT2D eigenvalue weighted by Crippen LogP contribution is -2.42. The van der Waals surface area contributed by atoms with Gasteiger partial charge in [-0.2, -0.15) is 0 Å². The lowest BCUT2D eigenvalue weighted by atomic mass is 10.2. The Morgan fingerprint density at radius 3 is 2.35 bits per heavy atom. The number of hydrogen-bond donors (Lipinski definition) is 3. The summed E-state index contributed by atoms with van der Waals surface area (Å²) in [7, 11) is 0. The molecule has 17 heavy (non-hydrogen) atoms. The Morgan fingerprint density at radius 2 is 1.88 bits per heavy atom. The number of nitrogens with one attached hydrogen (secondary N) is 1. The summed E-state index contributed by atoms with van der Waals surface area (Å²) in [5.74, 6) is -3.18. The fourth-order valence-electron chi connectivity index (χ4n) is 1.05. The van der Waals surface area contributed by atoms with Crippen LogP contribution in [0.3, 0.4) is 0 Å². The van der Waals surface area contributed by atoms with Gasteiger partial charge in [-0.3, -0.25) is 9.59 Å². The van der Waals surface area contributed by atoms with Crippen LogP contribution in [0, 0.1) is 0 Å². The Balaban J connectivity index is 3.96. The molecular formula is C10H17NO6. The van der Waals surface area contributed by atoms with Gasteiger partial charge in [-0.1, -0.05) is 6.92 Å². The zero-order valence-electron chi connectivity index (χ0n) is 9.64. The minimum Gasteiger partial charge on any atom is -0.481 e. The Bertz CT molecular complexity index is 278. The van der Waals surface area contributed by atoms with Gasteiger partial charge >= 0.3 is 11.9 Å². The molecule has 0 aliphatic carbocycles. The number of carboxylic acid groups (broad SMARTS) is 2. The van der Waals surface area contributed by atoms with Crippen molar-refractivity contribution in [1.29, 1.82) is 0 Å². The van der Waals surface area contributed by atoms with Crippen molar-refractivity contribution in [3.05, 3.63) is 0 Å². The maximum atomic E-state index is 11.3. The Hall–Kier alpha value is -1.63. The van der Waals surface area contributed by atoms with Crippen LogP contribution in [0.4, 0.5) is 0 Å². The molecule has 0 saturated heterocycles. The van der Waals surface area contributed by atoms with Crippen molar-refractivity contribution >= 4 is 17.8 Å². The molecule has 0 fully saturated rings. The van der Waals surface area contributed by atoms with Crippen LogP contribution in [0.15, 0.2) is 0 Å². The first kappa shape index (κ1) is 15.4. The van der Waals surface area contributed by atoms with Crippen molar-refractivity contribution in [3.63, 3.8) is 0 Å². The quantitative estimate of drug-likeness (QED) is 0.488. The summed E-state index contributed by atoms with van der Waals surface area (Å²) >= 11 is 0. The normalized spacial score (nSPS) is 11.8. The minimum absolute atomic E-state index is 0.0173. The number of carbonyl (C=O) groups is 3. The summed E-state index contributed by atoms with van der Waals surface area (Å²) in [4.78, 5) is 32.2. The van der Waals surface area contributed by atoms with E-state index in [4.69, 9.17) is 14.9 Å². The van der Waals surface area contributed by atoms with E-state index in [0.29, 0.717) is 6.61 Å². The first-order valence-electron chi connectivity index (χ1n) is 5.29. The third-order valence-electron chi connectivity index (χ3n) is 1.83. The predicted molar refractivity (Wildman–Crippen MR) is 57.5 cm³/mol. The molecule has 0 aliphatic rings. The number of carbonyl (C=O) groups excluding carboxylic acids is 1. The Morgan fingerprint density at radius 1 is 1.24 bits per heavy atom. The van der Waals surface area contributed by atoms with Gasteiger partial charge in [0.05, 0.1) is 13.0 Å². The molecule has 0 aliphatic heterocycles. The third-order valence-corrected chi connectivity index (χ3v) is 1.83. The van der Waals surface area contributed by atoms with Gasteiger partial charge in [0, 0.05) is 13.0 Å². The fourth-order valence-corrected chi connectivity index (χ4v) is 1.05. The van der Waals surface area contributed by atoms with E-state index >= 15 is 0 Å². The van der Waals surface area contributed by atoms with Crippen molar-refractivity contribution in [2.24, 2.45) is 0 Å². The van der Waals surface area contributed by atoms with Crippen molar-refractivity contribution in [2.75, 3.05) is 13.2 Å². The first-order chi connectivity index (χ1) is 7.97. The molecule has 0 bridgehead atoms. The second-order valence-corrected chi connectivity index (χ2v) is 3.42. The highest BCUT2D eigenvalue weighted by atomic mass is 16.5. The molecule has 98 valence electrons. The average Bonchev–Trinajstić information content (AvgIpc) is 2.22. The van der Waals surface area contributed by atoms with E-state index < -0.39 is 30.3 Å². The Kier molecular flexibility index (Phi) is 7.70. The molecule has 0 radical (unpaired) electrons. The molecule has 0 aromatic carbocycles. The molecule has 0 rings (SSSR count). The number of ether oxygens (including phenoxy) is 1. The highest BCUT2D eigenvalue weighted by molar-refractivity contribution is 5.86. The van der Waals surface area contributed by atoms with Gasteiger partial charge < -0.3 is 20.3 Å². The van der Waals surface area contributed by atoms with Crippen molar-refractivity contribution in [2.45, 2.75) is 32.2 Å². The predicted octanol–water partition coefficient (Wildman–Crippen LogP) is -0.153. The van der Waals surface area contributed by atoms with Gasteiger partial charge in [-0.05, 0) is 6.42 Å². The van der Waals surface area contributed by atoms with Crippen LogP contribution in [-0.2, 0) is 19.1 Å². The molecule has 1 amide bonds. The Labute approximate surface area is 98.8 Å². The summed E-state index contributed by atoms with van der Waals surface area (Å²) in [6.45, 7) is 2.65. The SMILES string of the molecule is CCCOCCC(=O)N[C@H](CC(=O)O)C(=O)O. The molecule has 7 nitrogen and oxygen atoms in total. The molecule has 0 spiro atoms. The maximum absolute atomic E-state index is 11.3. The van der Waals surface area contributed by atoms with E-state index in [1.165, 1.54) is 0 Å². The largest absolute Gasteiger partial charge is 0.481 e. The highest BCUT2D eigenvalue weighted by Gasteiger charge is 2.22. The molecule has 7 heteroatoms. The number of carboxylic acids is 2. The van der Waals surface area contributed by atoms with Crippen LogP contribution >= 0.6 is 0 Å². The van der Waals surface area contributed by atoms with E-state index in [1.54, 1.807) is 0 Å². The van der Waals surface area contributed by atoms with Crippen LogP contribution in [0.5, 0.6) is 0 Å². The maximum Gasteiger partial charge on any atom is 0.326 e. The van der Waals surface area contributed by atoms with Gasteiger partial charge in [0.2, 0.25) is 5.91 Å². The van der Waals surface area contributed by atoms with Crippen molar-refractivity contribution in [1.82, 2.24) is 5.32 Å². The van der Waals surface area contributed by atoms with E-state index in [2.05, 4.69) is 5.32 Å². The number of amides is 1. The van der Waals surface area contributed by atoms with Gasteiger partial charge in [-0.25, -0.2) is 4.79 Å². The molecule has 1 atom stereocenters. The lowest BCUT2D eigenvalue weighted by Gasteiger charge is -2.12. The molecule has 0 unspecified atom stereocenters. The average molecular weight is 247 g/mol. The molecule has 0 heterocycles. The molecule has 0 saturated carbocycles. The zero-order valence-corrected chi connectivity index (χ0v) is 9.64. The molecule has 0 aromatic heterocycles. The number of hydrogen-bond acceptors (Lipinski definition) is 4. The van der Waals surface area contributed by atoms with Crippen LogP contribution in [-0.4, -0.2) is 47.3 Å². The molecule has 3 N–H and O–H groups in total. The number of rotatable bonds is 9. The van der Waals surface area contributed by atoms with Crippen LogP contribution in [0.1, 0.15) is 26.2 Å². The zero-order chi connectivity index (χ0) is 13.3. The summed E-state index contributed by atoms with van der Waals surface area (Å²) in [6.07, 6.45) is 0.207. The summed E-state index contributed by atoms with van der Waals surface area (Å²) in [6, 6.07) is -1.40. The smallest absolute Gasteiger partial charge is 0.326 e. The lowest BCUT2D eigenvalue weighted by molar-refractivity contribution is -0.147. The summed E-state index contributed by atoms with van der Waals surface area (Å²) in [5.41, 5.74) is 0. The molecular weight excluding hydrogens is 230 g/mol. The minimum atomic E-state index is -1.40. The second-order valence-electron chi connectivity index (χ2n) is 3.42. The number of aliphatic carboxylic acids is 2. The monoisotopic (exact) mass is 247 g/mol. The standard InChI is InChI=1S/C10H17NO6/c1-2-4-17-5-3-8(12)11-7(10(15)16)6-9(13)14/h7H,2-6H2,1H3,(H,11,12)(H,13,14)(H,15,16)/t7-/m1/s1. The van der Waals surface area contributed by atoms with E-state index in [1.807, 2.05) is 6.92 Å². The van der Waals surface area contributed by atoms with Crippen LogP contribution in [0.2, 0.25) is 0 Å². The second kappa shape index (κ2) is 8.51. The van der Waals surface area contributed by atoms with Gasteiger partial charge in [-0.15, -0.1) is 0 Å². The highest BCUT2D eigenvalue weighted by Crippen LogP contribution is 1.94. The molecule has 0 aromatic rings. The third kappa shape index (κ3) is 8.21. The van der Waals surface area contributed by atoms with Crippen molar-refractivity contribution in [3.8, 4) is 0 Å². The van der Waals surface area contributed by atoms with Crippen LogP contribution < -0.4 is 5.32 Å². The van der Waals surface area contributed by atoms with Gasteiger partial charge in [0.1, 0.15) is 6.04 Å². The summed E-state index contributed by atoms with van der Waals surface area (Å²) in [5, 5.41) is 19.2. The van der Waals surface area contributed by atoms with E-state index in [0.717, 1.165) is 6.42 Å². The topological polar surface area (TPSA) is 113 Å². The van der Waals surface area contributed by atoms with E-state index in [-0.39, 0.29) is 13.0 Å². The van der Waals surface area contributed by atoms with Gasteiger partial charge in [0.15, 0.2) is 0 Å². The fraction of sp³-hybridized carbons (Fsp3) is 0.700. The van der Waals surface area contributed by atoms with E-state index in [9.17, 15) is 14.4 Å². The van der Waals surface area contributed by atoms with Gasteiger partial charge in [0.25, 0.3) is 0 Å². The first-order valence-corrected chi connectivity index (χ1v) is 5.29.